The van der Waals surface area contributed by atoms with Crippen molar-refractivity contribution in [1.82, 2.24) is 5.32 Å². The van der Waals surface area contributed by atoms with Crippen molar-refractivity contribution in [3.05, 3.63) is 64.7 Å². The van der Waals surface area contributed by atoms with Crippen molar-refractivity contribution in [2.75, 3.05) is 12.4 Å². The van der Waals surface area contributed by atoms with E-state index in [0.29, 0.717) is 5.56 Å². The van der Waals surface area contributed by atoms with Crippen LogP contribution in [0.25, 0.3) is 0 Å². The largest absolute Gasteiger partial charge is 0.381 e. The Hall–Kier alpha value is -2.29. The SMILES string of the molecule is CNC(=O)c1ccc(C)c(NCc2ccc(C)cc2)c1. The van der Waals surface area contributed by atoms with E-state index < -0.39 is 0 Å². The van der Waals surface area contributed by atoms with Gasteiger partial charge in [-0.2, -0.15) is 0 Å². The molecule has 0 radical (unpaired) electrons. The van der Waals surface area contributed by atoms with Gasteiger partial charge in [0.1, 0.15) is 0 Å². The number of anilines is 1. The van der Waals surface area contributed by atoms with E-state index in [0.717, 1.165) is 17.8 Å². The number of nitrogens with one attached hydrogen (secondary N) is 2. The zero-order chi connectivity index (χ0) is 14.5. The minimum absolute atomic E-state index is 0.0663. The van der Waals surface area contributed by atoms with Crippen LogP contribution in [-0.4, -0.2) is 13.0 Å². The normalized spacial score (nSPS) is 10.2. The van der Waals surface area contributed by atoms with Gasteiger partial charge < -0.3 is 10.6 Å². The maximum absolute atomic E-state index is 11.6. The molecule has 0 unspecified atom stereocenters. The van der Waals surface area contributed by atoms with Crippen LogP contribution in [0.1, 0.15) is 27.0 Å². The van der Waals surface area contributed by atoms with Gasteiger partial charge in [-0.1, -0.05) is 35.9 Å². The first-order chi connectivity index (χ1) is 9.60. The van der Waals surface area contributed by atoms with Crippen molar-refractivity contribution in [2.24, 2.45) is 0 Å². The second-order valence-corrected chi connectivity index (χ2v) is 4.95. The molecule has 0 fully saturated rings. The van der Waals surface area contributed by atoms with Gasteiger partial charge in [-0.25, -0.2) is 0 Å². The predicted octanol–water partition coefficient (Wildman–Crippen LogP) is 3.28. The standard InChI is InChI=1S/C17H20N2O/c1-12-4-7-14(8-5-12)11-19-16-10-15(17(20)18-3)9-6-13(16)2/h4-10,19H,11H2,1-3H3,(H,18,20). The third kappa shape index (κ3) is 3.38. The molecule has 0 spiro atoms. The molecule has 0 aliphatic rings. The van der Waals surface area contributed by atoms with Gasteiger partial charge in [-0.3, -0.25) is 4.79 Å². The fraction of sp³-hybridized carbons (Fsp3) is 0.235. The predicted molar refractivity (Wildman–Crippen MR) is 83.1 cm³/mol. The Morgan fingerprint density at radius 2 is 1.75 bits per heavy atom. The monoisotopic (exact) mass is 268 g/mol. The van der Waals surface area contributed by atoms with Gasteiger partial charge in [-0.05, 0) is 37.1 Å². The highest BCUT2D eigenvalue weighted by molar-refractivity contribution is 5.95. The Labute approximate surface area is 120 Å². The van der Waals surface area contributed by atoms with Crippen LogP contribution in [-0.2, 0) is 6.54 Å². The lowest BCUT2D eigenvalue weighted by Crippen LogP contribution is -2.18. The Balaban J connectivity index is 2.12. The summed E-state index contributed by atoms with van der Waals surface area (Å²) in [6.07, 6.45) is 0. The molecule has 20 heavy (non-hydrogen) atoms. The fourth-order valence-corrected chi connectivity index (χ4v) is 2.00. The maximum Gasteiger partial charge on any atom is 0.251 e. The van der Waals surface area contributed by atoms with Crippen molar-refractivity contribution in [2.45, 2.75) is 20.4 Å². The van der Waals surface area contributed by atoms with Crippen LogP contribution in [0.5, 0.6) is 0 Å². The summed E-state index contributed by atoms with van der Waals surface area (Å²) in [5, 5.41) is 6.03. The van der Waals surface area contributed by atoms with E-state index in [1.165, 1.54) is 11.1 Å². The molecular formula is C17H20N2O. The highest BCUT2D eigenvalue weighted by Gasteiger charge is 2.06. The van der Waals surface area contributed by atoms with E-state index in [1.54, 1.807) is 7.05 Å². The van der Waals surface area contributed by atoms with E-state index in [2.05, 4.69) is 41.8 Å². The average Bonchev–Trinajstić information content (AvgIpc) is 2.47. The summed E-state index contributed by atoms with van der Waals surface area (Å²) >= 11 is 0. The molecule has 0 bridgehead atoms. The van der Waals surface area contributed by atoms with Crippen LogP contribution in [0, 0.1) is 13.8 Å². The first-order valence-electron chi connectivity index (χ1n) is 6.72. The number of benzene rings is 2. The van der Waals surface area contributed by atoms with Gasteiger partial charge in [0.25, 0.3) is 5.91 Å². The number of hydrogen-bond acceptors (Lipinski definition) is 2. The second kappa shape index (κ2) is 6.24. The summed E-state index contributed by atoms with van der Waals surface area (Å²) in [6.45, 7) is 4.86. The Morgan fingerprint density at radius 3 is 2.40 bits per heavy atom. The topological polar surface area (TPSA) is 41.1 Å². The van der Waals surface area contributed by atoms with Crippen LogP contribution >= 0.6 is 0 Å². The van der Waals surface area contributed by atoms with Crippen molar-refractivity contribution < 1.29 is 4.79 Å². The molecule has 2 N–H and O–H groups in total. The molecule has 3 nitrogen and oxygen atoms in total. The fourth-order valence-electron chi connectivity index (χ4n) is 2.00. The minimum atomic E-state index is -0.0663. The molecule has 1 amide bonds. The van der Waals surface area contributed by atoms with Crippen molar-refractivity contribution in [1.29, 1.82) is 0 Å². The van der Waals surface area contributed by atoms with Gasteiger partial charge >= 0.3 is 0 Å². The third-order valence-electron chi connectivity index (χ3n) is 3.33. The van der Waals surface area contributed by atoms with Crippen LogP contribution in [0.3, 0.4) is 0 Å². The van der Waals surface area contributed by atoms with Crippen molar-refractivity contribution in [3.63, 3.8) is 0 Å². The molecule has 0 aliphatic carbocycles. The van der Waals surface area contributed by atoms with Gasteiger partial charge in [0.15, 0.2) is 0 Å². The molecule has 0 saturated heterocycles. The number of amides is 1. The lowest BCUT2D eigenvalue weighted by atomic mass is 10.1. The summed E-state index contributed by atoms with van der Waals surface area (Å²) in [5.41, 5.74) is 5.27. The zero-order valence-corrected chi connectivity index (χ0v) is 12.2. The van der Waals surface area contributed by atoms with Gasteiger partial charge in [0.05, 0.1) is 0 Å². The Kier molecular flexibility index (Phi) is 4.41. The van der Waals surface area contributed by atoms with Crippen LogP contribution in [0.2, 0.25) is 0 Å². The van der Waals surface area contributed by atoms with E-state index in [-0.39, 0.29) is 5.91 Å². The first-order valence-corrected chi connectivity index (χ1v) is 6.72. The molecule has 2 aromatic carbocycles. The zero-order valence-electron chi connectivity index (χ0n) is 12.2. The number of rotatable bonds is 4. The Bertz CT molecular complexity index is 603. The third-order valence-corrected chi connectivity index (χ3v) is 3.33. The second-order valence-electron chi connectivity index (χ2n) is 4.95. The smallest absolute Gasteiger partial charge is 0.251 e. The number of carbonyl (C=O) groups excluding carboxylic acids is 1. The Morgan fingerprint density at radius 1 is 1.05 bits per heavy atom. The van der Waals surface area contributed by atoms with Gasteiger partial charge in [0, 0.05) is 24.8 Å². The molecule has 0 atom stereocenters. The highest BCUT2D eigenvalue weighted by atomic mass is 16.1. The molecule has 0 heterocycles. The molecule has 0 aromatic heterocycles. The molecule has 104 valence electrons. The summed E-state index contributed by atoms with van der Waals surface area (Å²) in [5.74, 6) is -0.0663. The number of carbonyl (C=O) groups is 1. The van der Waals surface area contributed by atoms with Gasteiger partial charge in [0.2, 0.25) is 0 Å². The summed E-state index contributed by atoms with van der Waals surface area (Å²) in [6, 6.07) is 14.1. The summed E-state index contributed by atoms with van der Waals surface area (Å²) < 4.78 is 0. The molecule has 0 aliphatic heterocycles. The van der Waals surface area contributed by atoms with Crippen molar-refractivity contribution in [3.8, 4) is 0 Å². The molecular weight excluding hydrogens is 248 g/mol. The molecule has 2 rings (SSSR count). The quantitative estimate of drug-likeness (QED) is 0.893. The van der Waals surface area contributed by atoms with E-state index in [4.69, 9.17) is 0 Å². The average molecular weight is 268 g/mol. The minimum Gasteiger partial charge on any atom is -0.381 e. The van der Waals surface area contributed by atoms with Crippen LogP contribution in [0.4, 0.5) is 5.69 Å². The van der Waals surface area contributed by atoms with E-state index in [1.807, 2.05) is 25.1 Å². The van der Waals surface area contributed by atoms with E-state index >= 15 is 0 Å². The number of aryl methyl sites for hydroxylation is 2. The lowest BCUT2D eigenvalue weighted by Gasteiger charge is -2.11. The summed E-state index contributed by atoms with van der Waals surface area (Å²) in [7, 11) is 1.64. The van der Waals surface area contributed by atoms with Gasteiger partial charge in [-0.15, -0.1) is 0 Å². The van der Waals surface area contributed by atoms with E-state index in [9.17, 15) is 4.79 Å². The summed E-state index contributed by atoms with van der Waals surface area (Å²) in [4.78, 5) is 11.6. The molecule has 0 saturated carbocycles. The molecule has 3 heteroatoms. The maximum atomic E-state index is 11.6. The van der Waals surface area contributed by atoms with Crippen molar-refractivity contribution >= 4 is 11.6 Å². The first kappa shape index (κ1) is 14.1. The number of hydrogen-bond donors (Lipinski definition) is 2. The van der Waals surface area contributed by atoms with Crippen LogP contribution in [0.15, 0.2) is 42.5 Å². The van der Waals surface area contributed by atoms with Crippen LogP contribution < -0.4 is 10.6 Å². The highest BCUT2D eigenvalue weighted by Crippen LogP contribution is 2.18. The lowest BCUT2D eigenvalue weighted by molar-refractivity contribution is 0.0963. The molecule has 2 aromatic rings.